The predicted octanol–water partition coefficient (Wildman–Crippen LogP) is -3.39. The fourth-order valence-corrected chi connectivity index (χ4v) is 3.02. The monoisotopic (exact) mass is 720 g/mol. The molecule has 0 amide bonds. The number of aryl methyl sites for hydroxylation is 8. The smallest absolute Gasteiger partial charge is 1.00 e. The number of halogens is 4. The zero-order chi connectivity index (χ0) is 22.5. The fraction of sp³-hybridized carbons (Fsp3) is 0.333. The second kappa shape index (κ2) is 28.3. The van der Waals surface area contributed by atoms with Crippen molar-refractivity contribution in [1.82, 2.24) is 0 Å². The summed E-state index contributed by atoms with van der Waals surface area (Å²) in [5.74, 6) is 0. The van der Waals surface area contributed by atoms with Crippen LogP contribution in [0.1, 0.15) is 58.4 Å². The Balaban J connectivity index is -0.0000000793. The van der Waals surface area contributed by atoms with Crippen LogP contribution in [-0.4, -0.2) is 0 Å². The van der Waals surface area contributed by atoms with E-state index in [2.05, 4.69) is 128 Å². The molecule has 36 heavy (non-hydrogen) atoms. The van der Waals surface area contributed by atoms with E-state index in [1.54, 1.807) is 0 Å². The topological polar surface area (TPSA) is 0 Å². The molecule has 0 spiro atoms. The Morgan fingerprint density at radius 3 is 1.22 bits per heavy atom. The molecular formula is C30H40Cl4Zr2. The van der Waals surface area contributed by atoms with Gasteiger partial charge in [0.1, 0.15) is 0 Å². The van der Waals surface area contributed by atoms with Crippen molar-refractivity contribution in [3.8, 4) is 0 Å². The van der Waals surface area contributed by atoms with E-state index in [4.69, 9.17) is 0 Å². The molecule has 0 nitrogen and oxygen atoms in total. The summed E-state index contributed by atoms with van der Waals surface area (Å²) in [4.78, 5) is 0. The SMILES string of the molecule is CCc1cc[c-](CC)c1.Cc1cc[c-](C)c1.Cc1cc[c-](C)c1.Cc1ccc[c-]1C.[Cl-].[Cl-].[Cl-].[Cl-].[Zr+4].[Zr+4]. The molecule has 0 atom stereocenters. The van der Waals surface area contributed by atoms with Crippen LogP contribution in [0.4, 0.5) is 0 Å². The minimum atomic E-state index is 0. The number of rotatable bonds is 2. The third kappa shape index (κ3) is 22.3. The van der Waals surface area contributed by atoms with E-state index < -0.39 is 0 Å². The molecule has 6 heteroatoms. The van der Waals surface area contributed by atoms with Crippen LogP contribution in [-0.2, 0) is 65.2 Å². The van der Waals surface area contributed by atoms with Gasteiger partial charge in [-0.05, 0) is 0 Å². The van der Waals surface area contributed by atoms with Gasteiger partial charge in [-0.1, -0.05) is 68.2 Å². The molecule has 0 aliphatic heterocycles. The first-order valence-electron chi connectivity index (χ1n) is 11.1. The second-order valence-corrected chi connectivity index (χ2v) is 8.16. The van der Waals surface area contributed by atoms with Gasteiger partial charge in [-0.2, -0.15) is 75.8 Å². The van der Waals surface area contributed by atoms with Crippen LogP contribution in [0.5, 0.6) is 0 Å². The maximum atomic E-state index is 2.28. The number of hydrogen-bond acceptors (Lipinski definition) is 0. The van der Waals surface area contributed by atoms with Crippen molar-refractivity contribution in [1.29, 1.82) is 0 Å². The van der Waals surface area contributed by atoms with Gasteiger partial charge in [0.25, 0.3) is 0 Å². The summed E-state index contributed by atoms with van der Waals surface area (Å²) in [6.07, 6.45) is 2.33. The van der Waals surface area contributed by atoms with Crippen LogP contribution in [0.25, 0.3) is 0 Å². The molecule has 0 saturated heterocycles. The average molecular weight is 725 g/mol. The molecule has 0 radical (unpaired) electrons. The summed E-state index contributed by atoms with van der Waals surface area (Å²) in [5, 5.41) is 0. The van der Waals surface area contributed by atoms with Crippen LogP contribution in [0.2, 0.25) is 0 Å². The zero-order valence-electron chi connectivity index (χ0n) is 22.9. The van der Waals surface area contributed by atoms with E-state index >= 15 is 0 Å². The normalized spacial score (nSPS) is 8.00. The van der Waals surface area contributed by atoms with Crippen molar-refractivity contribution in [2.75, 3.05) is 0 Å². The minimum absolute atomic E-state index is 0. The Labute approximate surface area is 284 Å². The van der Waals surface area contributed by atoms with Gasteiger partial charge in [-0.3, -0.25) is 0 Å². The van der Waals surface area contributed by atoms with Gasteiger partial charge in [0.2, 0.25) is 0 Å². The summed E-state index contributed by atoms with van der Waals surface area (Å²) >= 11 is 0. The Bertz CT molecular complexity index is 855. The summed E-state index contributed by atoms with van der Waals surface area (Å²) in [6, 6.07) is 25.8. The maximum absolute atomic E-state index is 2.28. The van der Waals surface area contributed by atoms with Crippen molar-refractivity contribution in [2.24, 2.45) is 0 Å². The Morgan fingerprint density at radius 2 is 1.08 bits per heavy atom. The Morgan fingerprint density at radius 1 is 0.611 bits per heavy atom. The van der Waals surface area contributed by atoms with Crippen molar-refractivity contribution in [3.05, 3.63) is 117 Å². The molecule has 0 aliphatic rings. The number of hydrogen-bond donors (Lipinski definition) is 0. The van der Waals surface area contributed by atoms with Crippen LogP contribution >= 0.6 is 0 Å². The summed E-state index contributed by atoms with van der Waals surface area (Å²) in [6.45, 7) is 17.0. The van der Waals surface area contributed by atoms with Crippen molar-refractivity contribution in [2.45, 2.75) is 68.2 Å². The van der Waals surface area contributed by atoms with Gasteiger partial charge in [-0.25, -0.2) is 41.5 Å². The molecule has 0 aliphatic carbocycles. The maximum Gasteiger partial charge on any atom is 4.00 e. The third-order valence-corrected chi connectivity index (χ3v) is 5.14. The Kier molecular flexibility index (Phi) is 38.8. The largest absolute Gasteiger partial charge is 4.00 e. The summed E-state index contributed by atoms with van der Waals surface area (Å²) in [5.41, 5.74) is 11.1. The zero-order valence-corrected chi connectivity index (χ0v) is 30.8. The van der Waals surface area contributed by atoms with Crippen LogP contribution < -0.4 is 49.6 Å². The van der Waals surface area contributed by atoms with E-state index in [9.17, 15) is 0 Å². The molecule has 0 bridgehead atoms. The van der Waals surface area contributed by atoms with Gasteiger partial charge in [0.15, 0.2) is 0 Å². The average Bonchev–Trinajstić information content (AvgIpc) is 3.49. The first-order chi connectivity index (χ1) is 14.2. The fourth-order valence-electron chi connectivity index (χ4n) is 3.02. The van der Waals surface area contributed by atoms with E-state index in [0.717, 1.165) is 0 Å². The predicted molar refractivity (Wildman–Crippen MR) is 135 cm³/mol. The molecular weight excluding hydrogens is 685 g/mol. The van der Waals surface area contributed by atoms with Crippen molar-refractivity contribution < 1.29 is 102 Å². The summed E-state index contributed by atoms with van der Waals surface area (Å²) < 4.78 is 0. The molecule has 0 unspecified atom stereocenters. The van der Waals surface area contributed by atoms with Crippen LogP contribution in [0, 0.1) is 41.5 Å². The van der Waals surface area contributed by atoms with Gasteiger partial charge in [0, 0.05) is 0 Å². The van der Waals surface area contributed by atoms with Crippen LogP contribution in [0.15, 0.2) is 72.8 Å². The molecule has 0 heterocycles. The molecule has 0 N–H and O–H groups in total. The van der Waals surface area contributed by atoms with E-state index in [0.29, 0.717) is 0 Å². The van der Waals surface area contributed by atoms with Gasteiger partial charge in [0.05, 0.1) is 0 Å². The van der Waals surface area contributed by atoms with E-state index in [-0.39, 0.29) is 102 Å². The molecule has 4 aromatic carbocycles. The van der Waals surface area contributed by atoms with Gasteiger partial charge in [-0.15, -0.1) is 0 Å². The second-order valence-electron chi connectivity index (χ2n) is 8.16. The van der Waals surface area contributed by atoms with Gasteiger partial charge < -0.3 is 49.6 Å². The Hall–Kier alpha value is 0.326. The van der Waals surface area contributed by atoms with Crippen LogP contribution in [0.3, 0.4) is 0 Å². The standard InChI is InChI=1S/C9H13.3C7H9.4ClH.2Zr/c1-3-8-5-6-9(4-2)7-8;2*1-6-3-4-7(2)5-6;1-6-4-3-5-7(6)2;;;;;;/h5-7H,3-4H2,1-2H3;3*3-5H,1-2H3;4*1H;;/q4*-1;;;;;2*+4/p-4. The van der Waals surface area contributed by atoms with E-state index in [1.807, 2.05) is 0 Å². The molecule has 0 saturated carbocycles. The minimum Gasteiger partial charge on any atom is -1.00 e. The van der Waals surface area contributed by atoms with Crippen molar-refractivity contribution >= 4 is 0 Å². The molecule has 0 aromatic heterocycles. The van der Waals surface area contributed by atoms with Crippen molar-refractivity contribution in [3.63, 3.8) is 0 Å². The first-order valence-corrected chi connectivity index (χ1v) is 11.1. The van der Waals surface area contributed by atoms with Gasteiger partial charge >= 0.3 is 52.4 Å². The molecule has 0 fully saturated rings. The third-order valence-electron chi connectivity index (χ3n) is 5.14. The molecule has 196 valence electrons. The molecule has 4 aromatic rings. The summed E-state index contributed by atoms with van der Waals surface area (Å²) in [7, 11) is 0. The first kappa shape index (κ1) is 49.3. The molecule has 4 rings (SSSR count). The van der Waals surface area contributed by atoms with E-state index in [1.165, 1.54) is 57.3 Å². The quantitative estimate of drug-likeness (QED) is 0.190.